The van der Waals surface area contributed by atoms with Crippen LogP contribution in [0.4, 0.5) is 5.69 Å². The van der Waals surface area contributed by atoms with Crippen molar-refractivity contribution in [1.29, 1.82) is 0 Å². The quantitative estimate of drug-likeness (QED) is 0.756. The minimum Gasteiger partial charge on any atom is -0.495 e. The summed E-state index contributed by atoms with van der Waals surface area (Å²) in [5.41, 5.74) is 3.07. The first-order valence-corrected chi connectivity index (χ1v) is 8.27. The van der Waals surface area contributed by atoms with E-state index >= 15 is 0 Å². The molecule has 2 heterocycles. The molecule has 26 heavy (non-hydrogen) atoms. The molecule has 3 aromatic rings. The van der Waals surface area contributed by atoms with Gasteiger partial charge in [0.1, 0.15) is 11.5 Å². The van der Waals surface area contributed by atoms with Crippen LogP contribution in [0, 0.1) is 13.8 Å². The zero-order valence-electron chi connectivity index (χ0n) is 15.2. The first-order chi connectivity index (χ1) is 12.3. The van der Waals surface area contributed by atoms with E-state index in [9.17, 15) is 4.79 Å². The zero-order valence-corrected chi connectivity index (χ0v) is 15.9. The number of benzene rings is 1. The summed E-state index contributed by atoms with van der Waals surface area (Å²) in [6.45, 7) is 3.68. The van der Waals surface area contributed by atoms with Crippen molar-refractivity contribution < 1.29 is 14.3 Å². The third-order valence-electron chi connectivity index (χ3n) is 4.06. The van der Waals surface area contributed by atoms with E-state index in [0.717, 1.165) is 11.4 Å². The fourth-order valence-corrected chi connectivity index (χ4v) is 3.14. The molecule has 1 aromatic carbocycles. The molecule has 0 atom stereocenters. The Bertz CT molecular complexity index is 1010. The van der Waals surface area contributed by atoms with Gasteiger partial charge in [0, 0.05) is 18.8 Å². The highest BCUT2D eigenvalue weighted by atomic mass is 35.5. The third-order valence-corrected chi connectivity index (χ3v) is 4.36. The SMILES string of the molecule is COc1cc(OC)c(NC(=O)c2cc(C)nc3c2c(C)nn3C)cc1Cl. The lowest BCUT2D eigenvalue weighted by atomic mass is 10.1. The number of amides is 1. The molecule has 0 fully saturated rings. The molecule has 7 nitrogen and oxygen atoms in total. The summed E-state index contributed by atoms with van der Waals surface area (Å²) < 4.78 is 12.2. The van der Waals surface area contributed by atoms with Gasteiger partial charge in [-0.25, -0.2) is 4.98 Å². The molecule has 8 heteroatoms. The Morgan fingerprint density at radius 1 is 1.15 bits per heavy atom. The Balaban J connectivity index is 2.07. The molecule has 0 bridgehead atoms. The van der Waals surface area contributed by atoms with Gasteiger partial charge in [-0.3, -0.25) is 9.48 Å². The molecule has 0 saturated heterocycles. The van der Waals surface area contributed by atoms with Crippen LogP contribution in [0.1, 0.15) is 21.7 Å². The summed E-state index contributed by atoms with van der Waals surface area (Å²) in [7, 11) is 4.83. The fourth-order valence-electron chi connectivity index (χ4n) is 2.90. The Kier molecular flexibility index (Phi) is 4.73. The van der Waals surface area contributed by atoms with Crippen molar-refractivity contribution in [3.8, 4) is 11.5 Å². The number of aromatic nitrogens is 3. The van der Waals surface area contributed by atoms with Crippen LogP contribution in [0.15, 0.2) is 18.2 Å². The van der Waals surface area contributed by atoms with Gasteiger partial charge in [0.15, 0.2) is 5.65 Å². The Labute approximate surface area is 155 Å². The Hall–Kier alpha value is -2.80. The van der Waals surface area contributed by atoms with E-state index in [0.29, 0.717) is 38.8 Å². The number of carbonyl (C=O) groups excluding carboxylic acids is 1. The summed E-state index contributed by atoms with van der Waals surface area (Å²) in [6, 6.07) is 4.96. The van der Waals surface area contributed by atoms with Gasteiger partial charge in [-0.05, 0) is 26.0 Å². The normalized spacial score (nSPS) is 10.8. The maximum Gasteiger partial charge on any atom is 0.256 e. The maximum atomic E-state index is 13.0. The predicted molar refractivity (Wildman–Crippen MR) is 100 cm³/mol. The minimum absolute atomic E-state index is 0.295. The van der Waals surface area contributed by atoms with Gasteiger partial charge < -0.3 is 14.8 Å². The van der Waals surface area contributed by atoms with E-state index in [1.807, 2.05) is 13.8 Å². The number of fused-ring (bicyclic) bond motifs is 1. The summed E-state index contributed by atoms with van der Waals surface area (Å²) in [5, 5.41) is 8.31. The van der Waals surface area contributed by atoms with Crippen molar-refractivity contribution in [3.63, 3.8) is 0 Å². The molecule has 0 saturated carbocycles. The minimum atomic E-state index is -0.295. The molecule has 0 spiro atoms. The van der Waals surface area contributed by atoms with E-state index in [4.69, 9.17) is 21.1 Å². The van der Waals surface area contributed by atoms with Gasteiger partial charge >= 0.3 is 0 Å². The van der Waals surface area contributed by atoms with Crippen molar-refractivity contribution in [2.24, 2.45) is 7.05 Å². The molecule has 0 radical (unpaired) electrons. The first kappa shape index (κ1) is 18.0. The average Bonchev–Trinajstić information content (AvgIpc) is 2.88. The molecule has 0 aliphatic carbocycles. The van der Waals surface area contributed by atoms with Crippen LogP contribution in [0.3, 0.4) is 0 Å². The number of hydrogen-bond donors (Lipinski definition) is 1. The van der Waals surface area contributed by atoms with E-state index in [2.05, 4.69) is 15.4 Å². The van der Waals surface area contributed by atoms with E-state index in [1.54, 1.807) is 29.9 Å². The predicted octanol–water partition coefficient (Wildman–Crippen LogP) is 3.51. The molecule has 3 rings (SSSR count). The number of ether oxygens (including phenoxy) is 2. The van der Waals surface area contributed by atoms with Crippen molar-refractivity contribution >= 4 is 34.2 Å². The average molecular weight is 375 g/mol. The summed E-state index contributed by atoms with van der Waals surface area (Å²) >= 11 is 6.18. The highest BCUT2D eigenvalue weighted by Gasteiger charge is 2.19. The lowest BCUT2D eigenvalue weighted by Gasteiger charge is -2.13. The van der Waals surface area contributed by atoms with Gasteiger partial charge in [0.05, 0.1) is 41.6 Å². The fraction of sp³-hybridized carbons (Fsp3) is 0.278. The maximum absolute atomic E-state index is 13.0. The second-order valence-corrected chi connectivity index (χ2v) is 6.27. The van der Waals surface area contributed by atoms with Crippen molar-refractivity contribution in [2.45, 2.75) is 13.8 Å². The second-order valence-electron chi connectivity index (χ2n) is 5.86. The summed E-state index contributed by atoms with van der Waals surface area (Å²) in [6.07, 6.45) is 0. The van der Waals surface area contributed by atoms with Crippen LogP contribution in [0.5, 0.6) is 11.5 Å². The highest BCUT2D eigenvalue weighted by molar-refractivity contribution is 6.32. The number of aryl methyl sites for hydroxylation is 3. The lowest BCUT2D eigenvalue weighted by molar-refractivity contribution is 0.102. The van der Waals surface area contributed by atoms with Crippen LogP contribution in [0.2, 0.25) is 5.02 Å². The standard InChI is InChI=1S/C18H19ClN4O3/c1-9-6-11(16-10(2)22-23(3)17(16)20-9)18(24)21-13-7-12(19)14(25-4)8-15(13)26-5/h6-8H,1-5H3,(H,21,24). The first-order valence-electron chi connectivity index (χ1n) is 7.89. The van der Waals surface area contributed by atoms with Gasteiger partial charge in [-0.15, -0.1) is 0 Å². The number of rotatable bonds is 4. The Morgan fingerprint density at radius 3 is 2.50 bits per heavy atom. The molecule has 1 N–H and O–H groups in total. The van der Waals surface area contributed by atoms with Crippen LogP contribution in [-0.2, 0) is 7.05 Å². The van der Waals surface area contributed by atoms with Crippen molar-refractivity contribution in [2.75, 3.05) is 19.5 Å². The van der Waals surface area contributed by atoms with E-state index < -0.39 is 0 Å². The summed E-state index contributed by atoms with van der Waals surface area (Å²) in [5.74, 6) is 0.618. The highest BCUT2D eigenvalue weighted by Crippen LogP contribution is 2.36. The number of carbonyl (C=O) groups is 1. The van der Waals surface area contributed by atoms with Gasteiger partial charge in [-0.2, -0.15) is 5.10 Å². The van der Waals surface area contributed by atoms with E-state index in [-0.39, 0.29) is 5.91 Å². The number of methoxy groups -OCH3 is 2. The van der Waals surface area contributed by atoms with Gasteiger partial charge in [0.2, 0.25) is 0 Å². The molecule has 0 unspecified atom stereocenters. The number of nitrogens with one attached hydrogen (secondary N) is 1. The smallest absolute Gasteiger partial charge is 0.256 e. The molecule has 2 aromatic heterocycles. The molecular weight excluding hydrogens is 356 g/mol. The molecule has 0 aliphatic rings. The second kappa shape index (κ2) is 6.84. The van der Waals surface area contributed by atoms with Crippen LogP contribution in [-0.4, -0.2) is 34.9 Å². The zero-order chi connectivity index (χ0) is 19.0. The molecule has 136 valence electrons. The number of hydrogen-bond acceptors (Lipinski definition) is 5. The summed E-state index contributed by atoms with van der Waals surface area (Å²) in [4.78, 5) is 17.4. The number of pyridine rings is 1. The van der Waals surface area contributed by atoms with Crippen LogP contribution >= 0.6 is 11.6 Å². The van der Waals surface area contributed by atoms with Crippen LogP contribution in [0.25, 0.3) is 11.0 Å². The number of anilines is 1. The van der Waals surface area contributed by atoms with Crippen molar-refractivity contribution in [1.82, 2.24) is 14.8 Å². The third kappa shape index (κ3) is 3.06. The monoisotopic (exact) mass is 374 g/mol. The van der Waals surface area contributed by atoms with Gasteiger partial charge in [-0.1, -0.05) is 11.6 Å². The molecule has 0 aliphatic heterocycles. The molecular formula is C18H19ClN4O3. The van der Waals surface area contributed by atoms with E-state index in [1.165, 1.54) is 14.2 Å². The largest absolute Gasteiger partial charge is 0.495 e. The lowest BCUT2D eigenvalue weighted by Crippen LogP contribution is -2.14. The number of halogens is 1. The van der Waals surface area contributed by atoms with Crippen molar-refractivity contribution in [3.05, 3.63) is 40.2 Å². The number of nitrogens with zero attached hydrogens (tertiary/aromatic N) is 3. The topological polar surface area (TPSA) is 78.3 Å². The van der Waals surface area contributed by atoms with Crippen LogP contribution < -0.4 is 14.8 Å². The van der Waals surface area contributed by atoms with Gasteiger partial charge in [0.25, 0.3) is 5.91 Å². The molecule has 1 amide bonds. The Morgan fingerprint density at radius 2 is 1.85 bits per heavy atom.